The van der Waals surface area contributed by atoms with Gasteiger partial charge in [-0.15, -0.1) is 0 Å². The smallest absolute Gasteiger partial charge is 0.343 e. The molecule has 0 fully saturated rings. The van der Waals surface area contributed by atoms with Crippen molar-refractivity contribution < 1.29 is 33.7 Å². The Labute approximate surface area is 155 Å². The minimum atomic E-state index is -0.589. The first-order chi connectivity index (χ1) is 12.9. The predicted octanol–water partition coefficient (Wildman–Crippen LogP) is 2.59. The van der Waals surface area contributed by atoms with Gasteiger partial charge in [-0.2, -0.15) is 0 Å². The van der Waals surface area contributed by atoms with E-state index in [-0.39, 0.29) is 35.9 Å². The molecule has 2 aromatic rings. The molecular formula is C20H18O7. The number of methoxy groups -OCH3 is 1. The third kappa shape index (κ3) is 3.62. The molecule has 1 atom stereocenters. The Morgan fingerprint density at radius 3 is 2.67 bits per heavy atom. The van der Waals surface area contributed by atoms with Crippen molar-refractivity contribution in [1.29, 1.82) is 0 Å². The van der Waals surface area contributed by atoms with E-state index in [1.807, 2.05) is 0 Å². The van der Waals surface area contributed by atoms with Crippen molar-refractivity contribution in [3.8, 4) is 17.2 Å². The van der Waals surface area contributed by atoms with Crippen LogP contribution in [0.1, 0.15) is 40.7 Å². The summed E-state index contributed by atoms with van der Waals surface area (Å²) in [5.41, 5.74) is 1.08. The fourth-order valence-corrected chi connectivity index (χ4v) is 3.09. The number of esters is 2. The first-order valence-electron chi connectivity index (χ1n) is 8.28. The highest BCUT2D eigenvalue weighted by atomic mass is 16.6. The summed E-state index contributed by atoms with van der Waals surface area (Å²) >= 11 is 0. The van der Waals surface area contributed by atoms with Gasteiger partial charge in [0.05, 0.1) is 19.1 Å². The van der Waals surface area contributed by atoms with Crippen LogP contribution in [0.3, 0.4) is 0 Å². The molecule has 0 aliphatic carbocycles. The lowest BCUT2D eigenvalue weighted by atomic mass is 9.84. The van der Waals surface area contributed by atoms with Crippen LogP contribution >= 0.6 is 0 Å². The van der Waals surface area contributed by atoms with Gasteiger partial charge in [-0.3, -0.25) is 9.59 Å². The van der Waals surface area contributed by atoms with Gasteiger partial charge in [0, 0.05) is 17.0 Å². The maximum absolute atomic E-state index is 12.1. The van der Waals surface area contributed by atoms with Gasteiger partial charge in [0.15, 0.2) is 12.4 Å². The number of hydrogen-bond donors (Lipinski definition) is 1. The number of ether oxygens (including phenoxy) is 3. The zero-order valence-corrected chi connectivity index (χ0v) is 14.9. The molecule has 0 spiro atoms. The van der Waals surface area contributed by atoms with Crippen molar-refractivity contribution in [3.05, 3.63) is 53.1 Å². The lowest BCUT2D eigenvalue weighted by Gasteiger charge is -2.27. The molecule has 0 radical (unpaired) electrons. The second kappa shape index (κ2) is 7.49. The molecule has 0 saturated carbocycles. The second-order valence-electron chi connectivity index (χ2n) is 6.06. The number of phenols is 1. The number of para-hydroxylation sites is 1. The lowest BCUT2D eigenvalue weighted by Crippen LogP contribution is -2.22. The van der Waals surface area contributed by atoms with Crippen LogP contribution in [0.15, 0.2) is 36.4 Å². The van der Waals surface area contributed by atoms with Gasteiger partial charge in [0.2, 0.25) is 0 Å². The minimum Gasteiger partial charge on any atom is -0.507 e. The number of benzene rings is 2. The molecule has 1 aliphatic rings. The van der Waals surface area contributed by atoms with Crippen LogP contribution in [0.4, 0.5) is 0 Å². The fraction of sp³-hybridized carbons (Fsp3) is 0.250. The van der Waals surface area contributed by atoms with Gasteiger partial charge in [0.1, 0.15) is 17.2 Å². The monoisotopic (exact) mass is 370 g/mol. The van der Waals surface area contributed by atoms with E-state index in [2.05, 4.69) is 4.74 Å². The summed E-state index contributed by atoms with van der Waals surface area (Å²) in [6.07, 6.45) is -0.0412. The van der Waals surface area contributed by atoms with Crippen LogP contribution in [0.5, 0.6) is 17.2 Å². The number of fused-ring (bicyclic) bond motifs is 1. The van der Waals surface area contributed by atoms with Crippen LogP contribution in [0.2, 0.25) is 0 Å². The molecule has 3 rings (SSSR count). The summed E-state index contributed by atoms with van der Waals surface area (Å²) in [6, 6.07) is 9.79. The summed E-state index contributed by atoms with van der Waals surface area (Å²) < 4.78 is 15.3. The van der Waals surface area contributed by atoms with Crippen LogP contribution in [0.25, 0.3) is 0 Å². The molecule has 0 unspecified atom stereocenters. The van der Waals surface area contributed by atoms with Gasteiger partial charge in [0.25, 0.3) is 0 Å². The van der Waals surface area contributed by atoms with Crippen LogP contribution in [-0.2, 0) is 14.3 Å². The van der Waals surface area contributed by atoms with Gasteiger partial charge < -0.3 is 19.3 Å². The Kier molecular flexibility index (Phi) is 5.12. The molecule has 140 valence electrons. The molecule has 1 aliphatic heterocycles. The van der Waals surface area contributed by atoms with Crippen molar-refractivity contribution in [3.63, 3.8) is 0 Å². The number of phenolic OH excluding ortho intramolecular Hbond substituents is 1. The van der Waals surface area contributed by atoms with Gasteiger partial charge in [-0.25, -0.2) is 4.79 Å². The van der Waals surface area contributed by atoms with Crippen molar-refractivity contribution in [2.24, 2.45) is 0 Å². The maximum Gasteiger partial charge on any atom is 0.343 e. The Morgan fingerprint density at radius 2 is 1.96 bits per heavy atom. The van der Waals surface area contributed by atoms with Gasteiger partial charge in [-0.05, 0) is 25.1 Å². The number of rotatable bonds is 5. The third-order valence-corrected chi connectivity index (χ3v) is 4.37. The highest BCUT2D eigenvalue weighted by molar-refractivity contribution is 5.98. The number of aromatic hydroxyl groups is 1. The number of carbonyl (C=O) groups excluding carboxylic acids is 3. The van der Waals surface area contributed by atoms with Crippen LogP contribution in [-0.4, -0.2) is 36.5 Å². The van der Waals surface area contributed by atoms with Crippen LogP contribution in [0, 0.1) is 0 Å². The molecule has 0 amide bonds. The van der Waals surface area contributed by atoms with Crippen molar-refractivity contribution in [1.82, 2.24) is 0 Å². The second-order valence-corrected chi connectivity index (χ2v) is 6.06. The van der Waals surface area contributed by atoms with Gasteiger partial charge >= 0.3 is 11.9 Å². The van der Waals surface area contributed by atoms with Crippen LogP contribution < -0.4 is 9.47 Å². The summed E-state index contributed by atoms with van der Waals surface area (Å²) in [5.74, 6) is -1.56. The Morgan fingerprint density at radius 1 is 1.22 bits per heavy atom. The van der Waals surface area contributed by atoms with Gasteiger partial charge in [-0.1, -0.05) is 18.2 Å². The topological polar surface area (TPSA) is 99.1 Å². The zero-order valence-electron chi connectivity index (χ0n) is 14.9. The normalized spacial score (nSPS) is 15.5. The predicted molar refractivity (Wildman–Crippen MR) is 94.2 cm³/mol. The van der Waals surface area contributed by atoms with E-state index in [0.29, 0.717) is 16.9 Å². The van der Waals surface area contributed by atoms with E-state index < -0.39 is 17.9 Å². The van der Waals surface area contributed by atoms with Crippen molar-refractivity contribution >= 4 is 17.7 Å². The van der Waals surface area contributed by atoms with E-state index in [1.165, 1.54) is 26.2 Å². The largest absolute Gasteiger partial charge is 0.507 e. The first kappa shape index (κ1) is 18.4. The Balaban J connectivity index is 2.09. The van der Waals surface area contributed by atoms with E-state index in [0.717, 1.165) is 0 Å². The standard InChI is InChI=1S/C20H18O7/c1-11(21)12-7-8-16-19(20(12)24)14(9-17(22)27-16)13-5-3-4-6-15(13)26-10-18(23)25-2/h3-8,14,24H,9-10H2,1-2H3/t14-/m1/s1. The average molecular weight is 370 g/mol. The molecule has 27 heavy (non-hydrogen) atoms. The maximum atomic E-state index is 12.1. The van der Waals surface area contributed by atoms with E-state index in [4.69, 9.17) is 9.47 Å². The molecule has 7 heteroatoms. The summed E-state index contributed by atoms with van der Waals surface area (Å²) in [7, 11) is 1.26. The molecule has 0 saturated heterocycles. The van der Waals surface area contributed by atoms with E-state index in [1.54, 1.807) is 24.3 Å². The fourth-order valence-electron chi connectivity index (χ4n) is 3.09. The number of Topliss-reactive ketones (excluding diaryl/α,β-unsaturated/α-hetero) is 1. The number of hydrogen-bond acceptors (Lipinski definition) is 7. The summed E-state index contributed by atoms with van der Waals surface area (Å²) in [4.78, 5) is 35.3. The first-order valence-corrected chi connectivity index (χ1v) is 8.28. The molecule has 2 aromatic carbocycles. The SMILES string of the molecule is COC(=O)COc1ccccc1[C@H]1CC(=O)Oc2ccc(C(C)=O)c(O)c21. The number of ketones is 1. The highest BCUT2D eigenvalue weighted by Gasteiger charge is 2.34. The summed E-state index contributed by atoms with van der Waals surface area (Å²) in [5, 5.41) is 10.6. The molecule has 7 nitrogen and oxygen atoms in total. The van der Waals surface area contributed by atoms with Crippen molar-refractivity contribution in [2.75, 3.05) is 13.7 Å². The summed E-state index contributed by atoms with van der Waals surface area (Å²) in [6.45, 7) is 1.05. The minimum absolute atomic E-state index is 0.0412. The Hall–Kier alpha value is -3.35. The zero-order chi connectivity index (χ0) is 19.6. The molecule has 0 bridgehead atoms. The molecule has 0 aromatic heterocycles. The lowest BCUT2D eigenvalue weighted by molar-refractivity contribution is -0.143. The van der Waals surface area contributed by atoms with E-state index in [9.17, 15) is 19.5 Å². The average Bonchev–Trinajstić information content (AvgIpc) is 2.65. The van der Waals surface area contributed by atoms with E-state index >= 15 is 0 Å². The number of carbonyl (C=O) groups is 3. The molecule has 1 N–H and O–H groups in total. The molecular weight excluding hydrogens is 352 g/mol. The quantitative estimate of drug-likeness (QED) is 0.491. The van der Waals surface area contributed by atoms with Crippen molar-refractivity contribution in [2.45, 2.75) is 19.3 Å². The Bertz CT molecular complexity index is 917. The third-order valence-electron chi connectivity index (χ3n) is 4.37. The highest BCUT2D eigenvalue weighted by Crippen LogP contribution is 2.47. The molecule has 1 heterocycles.